The summed E-state index contributed by atoms with van der Waals surface area (Å²) >= 11 is 18.2. The zero-order valence-corrected chi connectivity index (χ0v) is 12.2. The van der Waals surface area contributed by atoms with Gasteiger partial charge in [-0.1, -0.05) is 54.1 Å². The van der Waals surface area contributed by atoms with Crippen LogP contribution in [-0.2, 0) is 0 Å². The Bertz CT molecular complexity index is 551. The third kappa shape index (κ3) is 3.50. The molecule has 0 spiro atoms. The number of halogens is 3. The van der Waals surface area contributed by atoms with E-state index in [0.29, 0.717) is 10.6 Å². The molecule has 2 aromatic rings. The standard InChI is InChI=1S/C15H11Cl3O/c16-12-8-6-10(7-9-12)13(17)14(18)15(19)11-4-2-1-3-5-11/h1-9,13-14H/t13-,14-/m1/s1. The minimum atomic E-state index is -0.815. The molecule has 0 radical (unpaired) electrons. The van der Waals surface area contributed by atoms with Crippen LogP contribution in [-0.4, -0.2) is 11.2 Å². The van der Waals surface area contributed by atoms with Crippen molar-refractivity contribution in [3.05, 3.63) is 70.7 Å². The Balaban J connectivity index is 2.17. The fraction of sp³-hybridized carbons (Fsp3) is 0.133. The van der Waals surface area contributed by atoms with Gasteiger partial charge in [-0.15, -0.1) is 23.2 Å². The second-order valence-corrected chi connectivity index (χ2v) is 5.46. The van der Waals surface area contributed by atoms with Gasteiger partial charge in [0.1, 0.15) is 5.38 Å². The minimum absolute atomic E-state index is 0.183. The van der Waals surface area contributed by atoms with Crippen molar-refractivity contribution in [1.82, 2.24) is 0 Å². The van der Waals surface area contributed by atoms with Crippen LogP contribution in [0.4, 0.5) is 0 Å². The molecule has 98 valence electrons. The molecule has 0 bridgehead atoms. The molecular formula is C15H11Cl3O. The molecule has 0 aliphatic rings. The van der Waals surface area contributed by atoms with Crippen molar-refractivity contribution >= 4 is 40.6 Å². The number of ketones is 1. The smallest absolute Gasteiger partial charge is 0.182 e. The van der Waals surface area contributed by atoms with Crippen LogP contribution in [0.15, 0.2) is 54.6 Å². The Labute approximate surface area is 127 Å². The molecule has 0 fully saturated rings. The zero-order chi connectivity index (χ0) is 13.8. The van der Waals surface area contributed by atoms with Crippen molar-refractivity contribution in [2.45, 2.75) is 10.8 Å². The quantitative estimate of drug-likeness (QED) is 0.566. The summed E-state index contributed by atoms with van der Waals surface area (Å²) in [7, 11) is 0. The van der Waals surface area contributed by atoms with E-state index in [1.54, 1.807) is 48.5 Å². The topological polar surface area (TPSA) is 17.1 Å². The van der Waals surface area contributed by atoms with Gasteiger partial charge in [-0.25, -0.2) is 0 Å². The lowest BCUT2D eigenvalue weighted by molar-refractivity contribution is 0.0985. The van der Waals surface area contributed by atoms with E-state index in [1.807, 2.05) is 6.07 Å². The first-order chi connectivity index (χ1) is 9.09. The normalized spacial score (nSPS) is 13.8. The van der Waals surface area contributed by atoms with Crippen molar-refractivity contribution in [3.63, 3.8) is 0 Å². The Morgan fingerprint density at radius 1 is 0.895 bits per heavy atom. The van der Waals surface area contributed by atoms with Crippen molar-refractivity contribution in [1.29, 1.82) is 0 Å². The fourth-order valence-electron chi connectivity index (χ4n) is 1.71. The number of hydrogen-bond acceptors (Lipinski definition) is 1. The van der Waals surface area contributed by atoms with Crippen LogP contribution < -0.4 is 0 Å². The molecule has 0 N–H and O–H groups in total. The van der Waals surface area contributed by atoms with Crippen LogP contribution >= 0.6 is 34.8 Å². The molecular weight excluding hydrogens is 303 g/mol. The molecule has 0 saturated heterocycles. The van der Waals surface area contributed by atoms with Crippen molar-refractivity contribution < 1.29 is 4.79 Å². The summed E-state index contributed by atoms with van der Waals surface area (Å²) in [6, 6.07) is 15.9. The number of carbonyl (C=O) groups is 1. The highest BCUT2D eigenvalue weighted by Crippen LogP contribution is 2.31. The molecule has 0 aliphatic heterocycles. The van der Waals surface area contributed by atoms with Gasteiger partial charge in [-0.3, -0.25) is 4.79 Å². The van der Waals surface area contributed by atoms with Gasteiger partial charge in [0.05, 0.1) is 5.38 Å². The molecule has 2 aromatic carbocycles. The van der Waals surface area contributed by atoms with Gasteiger partial charge in [0.2, 0.25) is 0 Å². The molecule has 0 heterocycles. The van der Waals surface area contributed by atoms with E-state index in [9.17, 15) is 4.79 Å². The molecule has 19 heavy (non-hydrogen) atoms. The highest BCUT2D eigenvalue weighted by Gasteiger charge is 2.26. The number of benzene rings is 2. The zero-order valence-electron chi connectivity index (χ0n) is 9.89. The molecule has 4 heteroatoms. The average Bonchev–Trinajstić information content (AvgIpc) is 2.46. The van der Waals surface area contributed by atoms with Crippen LogP contribution in [0.3, 0.4) is 0 Å². The van der Waals surface area contributed by atoms with Crippen LogP contribution in [0, 0.1) is 0 Å². The number of alkyl halides is 2. The summed E-state index contributed by atoms with van der Waals surface area (Å²) in [6.45, 7) is 0. The van der Waals surface area contributed by atoms with E-state index < -0.39 is 10.8 Å². The molecule has 0 saturated carbocycles. The Kier molecular flexibility index (Phi) is 4.87. The maximum Gasteiger partial charge on any atom is 0.182 e. The Morgan fingerprint density at radius 2 is 1.47 bits per heavy atom. The summed E-state index contributed by atoms with van der Waals surface area (Å²) in [4.78, 5) is 12.2. The summed E-state index contributed by atoms with van der Waals surface area (Å²) in [5.41, 5.74) is 1.33. The molecule has 0 aliphatic carbocycles. The van der Waals surface area contributed by atoms with Crippen LogP contribution in [0.1, 0.15) is 21.3 Å². The number of Topliss-reactive ketones (excluding diaryl/α,β-unsaturated/α-hetero) is 1. The Hall–Kier alpha value is -1.02. The monoisotopic (exact) mass is 312 g/mol. The summed E-state index contributed by atoms with van der Waals surface area (Å²) in [6.07, 6.45) is 0. The third-order valence-corrected chi connectivity index (χ3v) is 4.09. The van der Waals surface area contributed by atoms with E-state index in [1.165, 1.54) is 0 Å². The average molecular weight is 314 g/mol. The first-order valence-electron chi connectivity index (χ1n) is 5.72. The lowest BCUT2D eigenvalue weighted by atomic mass is 10.0. The highest BCUT2D eigenvalue weighted by atomic mass is 35.5. The summed E-state index contributed by atoms with van der Waals surface area (Å²) in [5, 5.41) is -0.787. The molecule has 2 rings (SSSR count). The van der Waals surface area contributed by atoms with Crippen molar-refractivity contribution in [3.8, 4) is 0 Å². The lowest BCUT2D eigenvalue weighted by Gasteiger charge is -2.15. The van der Waals surface area contributed by atoms with E-state index >= 15 is 0 Å². The summed E-state index contributed by atoms with van der Waals surface area (Å²) in [5.74, 6) is -0.183. The minimum Gasteiger partial charge on any atom is -0.292 e. The summed E-state index contributed by atoms with van der Waals surface area (Å²) < 4.78 is 0. The molecule has 0 aromatic heterocycles. The first-order valence-corrected chi connectivity index (χ1v) is 6.97. The van der Waals surface area contributed by atoms with Gasteiger partial charge in [0, 0.05) is 10.6 Å². The second kappa shape index (κ2) is 6.42. The number of hydrogen-bond donors (Lipinski definition) is 0. The van der Waals surface area contributed by atoms with Crippen LogP contribution in [0.5, 0.6) is 0 Å². The first kappa shape index (κ1) is 14.4. The molecule has 2 atom stereocenters. The van der Waals surface area contributed by atoms with Gasteiger partial charge < -0.3 is 0 Å². The maximum atomic E-state index is 12.2. The lowest BCUT2D eigenvalue weighted by Crippen LogP contribution is -2.19. The number of carbonyl (C=O) groups excluding carboxylic acids is 1. The third-order valence-electron chi connectivity index (χ3n) is 2.75. The van der Waals surface area contributed by atoms with E-state index in [2.05, 4.69) is 0 Å². The Morgan fingerprint density at radius 3 is 2.05 bits per heavy atom. The van der Waals surface area contributed by atoms with Crippen LogP contribution in [0.2, 0.25) is 5.02 Å². The number of rotatable bonds is 4. The molecule has 0 amide bonds. The second-order valence-electron chi connectivity index (χ2n) is 4.09. The highest BCUT2D eigenvalue weighted by molar-refractivity contribution is 6.39. The predicted molar refractivity (Wildman–Crippen MR) is 80.5 cm³/mol. The largest absolute Gasteiger partial charge is 0.292 e. The van der Waals surface area contributed by atoms with Gasteiger partial charge >= 0.3 is 0 Å². The van der Waals surface area contributed by atoms with Crippen LogP contribution in [0.25, 0.3) is 0 Å². The molecule has 1 nitrogen and oxygen atoms in total. The fourth-order valence-corrected chi connectivity index (χ4v) is 2.37. The van der Waals surface area contributed by atoms with E-state index in [0.717, 1.165) is 5.56 Å². The predicted octanol–water partition coefficient (Wildman–Crippen LogP) is 5.11. The maximum absolute atomic E-state index is 12.2. The van der Waals surface area contributed by atoms with E-state index in [4.69, 9.17) is 34.8 Å². The SMILES string of the molecule is O=C(c1ccccc1)[C@H](Cl)[C@H](Cl)c1ccc(Cl)cc1. The van der Waals surface area contributed by atoms with Crippen molar-refractivity contribution in [2.75, 3.05) is 0 Å². The van der Waals surface area contributed by atoms with Gasteiger partial charge in [0.15, 0.2) is 5.78 Å². The van der Waals surface area contributed by atoms with E-state index in [-0.39, 0.29) is 5.78 Å². The van der Waals surface area contributed by atoms with Gasteiger partial charge in [0.25, 0.3) is 0 Å². The van der Waals surface area contributed by atoms with Gasteiger partial charge in [-0.05, 0) is 17.7 Å². The molecule has 0 unspecified atom stereocenters. The van der Waals surface area contributed by atoms with Crippen molar-refractivity contribution in [2.24, 2.45) is 0 Å². The van der Waals surface area contributed by atoms with Gasteiger partial charge in [-0.2, -0.15) is 0 Å².